The van der Waals surface area contributed by atoms with Gasteiger partial charge in [-0.1, -0.05) is 12.1 Å². The molecular formula is C18H28ClN3O4S. The molecule has 3 rings (SSSR count). The molecule has 2 saturated heterocycles. The van der Waals surface area contributed by atoms with Gasteiger partial charge in [-0.2, -0.15) is 4.31 Å². The Labute approximate surface area is 167 Å². The summed E-state index contributed by atoms with van der Waals surface area (Å²) >= 11 is 0. The molecule has 27 heavy (non-hydrogen) atoms. The van der Waals surface area contributed by atoms with Crippen LogP contribution < -0.4 is 10.6 Å². The lowest BCUT2D eigenvalue weighted by Crippen LogP contribution is -2.41. The molecule has 1 atom stereocenters. The first-order chi connectivity index (χ1) is 12.6. The van der Waals surface area contributed by atoms with E-state index in [4.69, 9.17) is 4.74 Å². The van der Waals surface area contributed by atoms with E-state index in [-0.39, 0.29) is 28.8 Å². The number of benzene rings is 1. The molecule has 0 aliphatic carbocycles. The van der Waals surface area contributed by atoms with Crippen LogP contribution in [0, 0.1) is 5.92 Å². The number of hydrogen-bond donors (Lipinski definition) is 2. The number of nitrogens with one attached hydrogen (secondary N) is 2. The van der Waals surface area contributed by atoms with Crippen molar-refractivity contribution >= 4 is 28.3 Å². The minimum Gasteiger partial charge on any atom is -0.379 e. The van der Waals surface area contributed by atoms with Crippen molar-refractivity contribution in [3.63, 3.8) is 0 Å². The standard InChI is InChI=1S/C18H27N3O4S.ClH/c22-18(20-9-7-15-4-3-8-19-14-15)16-5-1-2-6-17(16)26(23,24)21-10-12-25-13-11-21;/h1-2,5-6,15,19H,3-4,7-14H2,(H,20,22);1H. The summed E-state index contributed by atoms with van der Waals surface area (Å²) in [5, 5.41) is 6.25. The molecule has 1 aromatic carbocycles. The molecule has 9 heteroatoms. The molecule has 0 spiro atoms. The summed E-state index contributed by atoms with van der Waals surface area (Å²) in [4.78, 5) is 12.7. The van der Waals surface area contributed by atoms with E-state index in [1.165, 1.54) is 23.2 Å². The van der Waals surface area contributed by atoms with Crippen LogP contribution in [0.15, 0.2) is 29.2 Å². The highest BCUT2D eigenvalue weighted by atomic mass is 35.5. The molecule has 2 fully saturated rings. The van der Waals surface area contributed by atoms with Crippen LogP contribution in [0.1, 0.15) is 29.6 Å². The van der Waals surface area contributed by atoms with Gasteiger partial charge in [0.05, 0.1) is 23.7 Å². The molecule has 0 aromatic heterocycles. The Morgan fingerprint density at radius 1 is 1.26 bits per heavy atom. The van der Waals surface area contributed by atoms with Crippen LogP contribution in [0.5, 0.6) is 0 Å². The molecule has 2 N–H and O–H groups in total. The second kappa shape index (κ2) is 10.4. The number of sulfonamides is 1. The van der Waals surface area contributed by atoms with E-state index in [9.17, 15) is 13.2 Å². The number of nitrogens with zero attached hydrogens (tertiary/aromatic N) is 1. The van der Waals surface area contributed by atoms with Gasteiger partial charge in [0, 0.05) is 19.6 Å². The molecule has 2 aliphatic rings. The first-order valence-electron chi connectivity index (χ1n) is 9.25. The quantitative estimate of drug-likeness (QED) is 0.727. The number of carbonyl (C=O) groups is 1. The third kappa shape index (κ3) is 5.65. The smallest absolute Gasteiger partial charge is 0.252 e. The van der Waals surface area contributed by atoms with Crippen LogP contribution in [-0.2, 0) is 14.8 Å². The second-order valence-corrected chi connectivity index (χ2v) is 8.68. The molecule has 0 radical (unpaired) electrons. The van der Waals surface area contributed by atoms with E-state index in [1.807, 2.05) is 0 Å². The largest absolute Gasteiger partial charge is 0.379 e. The van der Waals surface area contributed by atoms with Crippen LogP contribution in [0.2, 0.25) is 0 Å². The van der Waals surface area contributed by atoms with Gasteiger partial charge in [-0.25, -0.2) is 8.42 Å². The molecule has 0 saturated carbocycles. The van der Waals surface area contributed by atoms with Crippen molar-refractivity contribution in [2.45, 2.75) is 24.2 Å². The monoisotopic (exact) mass is 417 g/mol. The van der Waals surface area contributed by atoms with E-state index in [0.29, 0.717) is 38.8 Å². The number of ether oxygens (including phenoxy) is 1. The van der Waals surface area contributed by atoms with Gasteiger partial charge in [0.1, 0.15) is 0 Å². The fourth-order valence-corrected chi connectivity index (χ4v) is 5.06. The highest BCUT2D eigenvalue weighted by Crippen LogP contribution is 2.21. The zero-order chi connectivity index (χ0) is 18.4. The Kier molecular flexibility index (Phi) is 8.50. The molecule has 1 amide bonds. The van der Waals surface area contributed by atoms with Gasteiger partial charge in [-0.05, 0) is 50.4 Å². The van der Waals surface area contributed by atoms with Crippen molar-refractivity contribution < 1.29 is 17.9 Å². The van der Waals surface area contributed by atoms with Crippen LogP contribution in [0.25, 0.3) is 0 Å². The van der Waals surface area contributed by atoms with E-state index >= 15 is 0 Å². The zero-order valence-electron chi connectivity index (χ0n) is 15.4. The number of halogens is 1. The number of hydrogen-bond acceptors (Lipinski definition) is 5. The van der Waals surface area contributed by atoms with Gasteiger partial charge in [0.2, 0.25) is 10.0 Å². The first kappa shape index (κ1) is 22.1. The Bertz CT molecular complexity index is 717. The Morgan fingerprint density at radius 3 is 2.70 bits per heavy atom. The van der Waals surface area contributed by atoms with Crippen molar-refractivity contribution in [2.75, 3.05) is 45.9 Å². The second-order valence-electron chi connectivity index (χ2n) is 6.77. The van der Waals surface area contributed by atoms with Crippen LogP contribution >= 0.6 is 12.4 Å². The highest BCUT2D eigenvalue weighted by Gasteiger charge is 2.30. The zero-order valence-corrected chi connectivity index (χ0v) is 17.0. The number of amides is 1. The lowest BCUT2D eigenvalue weighted by atomic mass is 9.96. The number of piperidine rings is 1. The predicted molar refractivity (Wildman–Crippen MR) is 106 cm³/mol. The predicted octanol–water partition coefficient (Wildman–Crippen LogP) is 1.25. The molecule has 152 valence electrons. The molecule has 7 nitrogen and oxygen atoms in total. The first-order valence-corrected chi connectivity index (χ1v) is 10.7. The van der Waals surface area contributed by atoms with Crippen LogP contribution in [-0.4, -0.2) is 64.6 Å². The van der Waals surface area contributed by atoms with Gasteiger partial charge in [0.15, 0.2) is 0 Å². The van der Waals surface area contributed by atoms with Crippen LogP contribution in [0.4, 0.5) is 0 Å². The van der Waals surface area contributed by atoms with Crippen molar-refractivity contribution in [1.29, 1.82) is 0 Å². The molecule has 2 heterocycles. The third-order valence-corrected chi connectivity index (χ3v) is 6.91. The van der Waals surface area contributed by atoms with Gasteiger partial charge in [0.25, 0.3) is 5.91 Å². The summed E-state index contributed by atoms with van der Waals surface area (Å²) in [5.41, 5.74) is 0.209. The van der Waals surface area contributed by atoms with Crippen LogP contribution in [0.3, 0.4) is 0 Å². The lowest BCUT2D eigenvalue weighted by Gasteiger charge is -2.27. The Hall–Kier alpha value is -1.19. The topological polar surface area (TPSA) is 87.7 Å². The van der Waals surface area contributed by atoms with E-state index in [0.717, 1.165) is 19.5 Å². The maximum atomic E-state index is 12.9. The van der Waals surface area contributed by atoms with Crippen molar-refractivity contribution in [3.8, 4) is 0 Å². The van der Waals surface area contributed by atoms with Gasteiger partial charge in [-0.15, -0.1) is 12.4 Å². The van der Waals surface area contributed by atoms with Gasteiger partial charge >= 0.3 is 0 Å². The fourth-order valence-electron chi connectivity index (χ4n) is 3.46. The minimum absolute atomic E-state index is 0. The average Bonchev–Trinajstić information content (AvgIpc) is 2.69. The summed E-state index contributed by atoms with van der Waals surface area (Å²) < 4.78 is 32.4. The van der Waals surface area contributed by atoms with Gasteiger partial charge in [-0.3, -0.25) is 4.79 Å². The van der Waals surface area contributed by atoms with Crippen molar-refractivity contribution in [3.05, 3.63) is 29.8 Å². The number of morpholine rings is 1. The average molecular weight is 418 g/mol. The summed E-state index contributed by atoms with van der Waals surface area (Å²) in [6, 6.07) is 6.42. The maximum Gasteiger partial charge on any atom is 0.252 e. The van der Waals surface area contributed by atoms with Crippen molar-refractivity contribution in [1.82, 2.24) is 14.9 Å². The summed E-state index contributed by atoms with van der Waals surface area (Å²) in [6.07, 6.45) is 3.24. The molecule has 0 bridgehead atoms. The SMILES string of the molecule is Cl.O=C(NCCC1CCCNC1)c1ccccc1S(=O)(=O)N1CCOCC1. The summed E-state index contributed by atoms with van der Waals surface area (Å²) in [6.45, 7) is 3.98. The normalized spacial score (nSPS) is 21.3. The molecule has 1 unspecified atom stereocenters. The summed E-state index contributed by atoms with van der Waals surface area (Å²) in [7, 11) is -3.70. The maximum absolute atomic E-state index is 12.9. The lowest BCUT2D eigenvalue weighted by molar-refractivity contribution is 0.0730. The van der Waals surface area contributed by atoms with Gasteiger partial charge < -0.3 is 15.4 Å². The Morgan fingerprint density at radius 2 is 2.00 bits per heavy atom. The van der Waals surface area contributed by atoms with Crippen molar-refractivity contribution in [2.24, 2.45) is 5.92 Å². The Balaban J connectivity index is 0.00000261. The number of rotatable bonds is 6. The molecule has 1 aromatic rings. The molecular weight excluding hydrogens is 390 g/mol. The molecule has 2 aliphatic heterocycles. The van der Waals surface area contributed by atoms with E-state index < -0.39 is 10.0 Å². The fraction of sp³-hybridized carbons (Fsp3) is 0.611. The van der Waals surface area contributed by atoms with E-state index in [1.54, 1.807) is 18.2 Å². The van der Waals surface area contributed by atoms with E-state index in [2.05, 4.69) is 10.6 Å². The highest BCUT2D eigenvalue weighted by molar-refractivity contribution is 7.89. The summed E-state index contributed by atoms with van der Waals surface area (Å²) in [5.74, 6) is 0.234. The number of carbonyl (C=O) groups excluding carboxylic acids is 1. The minimum atomic E-state index is -3.70. The third-order valence-electron chi connectivity index (χ3n) is 4.96.